The third kappa shape index (κ3) is 1.17. The van der Waals surface area contributed by atoms with Crippen LogP contribution in [0.1, 0.15) is 25.1 Å². The predicted molar refractivity (Wildman–Crippen MR) is 50.5 cm³/mol. The fourth-order valence-electron chi connectivity index (χ4n) is 2.49. The van der Waals surface area contributed by atoms with Gasteiger partial charge in [-0.2, -0.15) is 5.10 Å². The first kappa shape index (κ1) is 8.41. The number of aryl methyl sites for hydroxylation is 1. The van der Waals surface area contributed by atoms with Crippen LogP contribution in [0.25, 0.3) is 0 Å². The van der Waals surface area contributed by atoms with Crippen LogP contribution in [-0.2, 0) is 13.5 Å². The zero-order valence-electron chi connectivity index (χ0n) is 8.35. The van der Waals surface area contributed by atoms with E-state index in [4.69, 9.17) is 0 Å². The summed E-state index contributed by atoms with van der Waals surface area (Å²) in [5.41, 5.74) is 0.567. The summed E-state index contributed by atoms with van der Waals surface area (Å²) in [5.74, 6) is 1.43. The second-order valence-corrected chi connectivity index (χ2v) is 4.74. The Balaban J connectivity index is 1.65. The lowest BCUT2D eigenvalue weighted by Gasteiger charge is -2.08. The number of aliphatic hydroxyl groups excluding tert-OH is 1. The maximum Gasteiger partial charge on any atom is 0.138 e. The van der Waals surface area contributed by atoms with Crippen LogP contribution in [0.2, 0.25) is 0 Å². The van der Waals surface area contributed by atoms with Crippen LogP contribution < -0.4 is 0 Å². The van der Waals surface area contributed by atoms with Crippen molar-refractivity contribution in [1.82, 2.24) is 14.8 Å². The van der Waals surface area contributed by atoms with E-state index >= 15 is 0 Å². The number of nitrogens with zero attached hydrogens (tertiary/aromatic N) is 3. The van der Waals surface area contributed by atoms with Gasteiger partial charge in [-0.25, -0.2) is 4.98 Å². The topological polar surface area (TPSA) is 50.9 Å². The quantitative estimate of drug-likeness (QED) is 0.761. The minimum absolute atomic E-state index is 0.208. The van der Waals surface area contributed by atoms with Crippen LogP contribution in [0.5, 0.6) is 0 Å². The lowest BCUT2D eigenvalue weighted by molar-refractivity contribution is 0.140. The van der Waals surface area contributed by atoms with E-state index in [1.807, 2.05) is 7.05 Å². The standard InChI is InChI=1S/C10H15N3O/c1-13-9(11-6-12-13)4-8(14)7-5-10(7)2-3-10/h6-8,14H,2-5H2,1H3. The van der Waals surface area contributed by atoms with Gasteiger partial charge in [0.2, 0.25) is 0 Å². The molecule has 4 heteroatoms. The van der Waals surface area contributed by atoms with Crippen molar-refractivity contribution < 1.29 is 5.11 Å². The highest BCUT2D eigenvalue weighted by molar-refractivity contribution is 5.15. The van der Waals surface area contributed by atoms with Crippen LogP contribution in [0.3, 0.4) is 0 Å². The Morgan fingerprint density at radius 1 is 1.71 bits per heavy atom. The summed E-state index contributed by atoms with van der Waals surface area (Å²) in [4.78, 5) is 4.13. The Hall–Kier alpha value is -0.900. The molecule has 2 fully saturated rings. The van der Waals surface area contributed by atoms with Gasteiger partial charge in [-0.05, 0) is 30.6 Å². The van der Waals surface area contributed by atoms with Gasteiger partial charge in [-0.1, -0.05) is 0 Å². The van der Waals surface area contributed by atoms with Gasteiger partial charge in [0.25, 0.3) is 0 Å². The van der Waals surface area contributed by atoms with Crippen molar-refractivity contribution in [3.63, 3.8) is 0 Å². The lowest BCUT2D eigenvalue weighted by atomic mass is 10.1. The molecule has 0 saturated heterocycles. The van der Waals surface area contributed by atoms with Gasteiger partial charge in [0.15, 0.2) is 0 Å². The van der Waals surface area contributed by atoms with E-state index in [9.17, 15) is 5.11 Å². The molecular formula is C10H15N3O. The van der Waals surface area contributed by atoms with Crippen LogP contribution in [0.4, 0.5) is 0 Å². The predicted octanol–water partition coefficient (Wildman–Crippen LogP) is 0.519. The zero-order valence-corrected chi connectivity index (χ0v) is 8.35. The van der Waals surface area contributed by atoms with E-state index in [-0.39, 0.29) is 6.10 Å². The number of aliphatic hydroxyl groups is 1. The molecule has 2 saturated carbocycles. The maximum absolute atomic E-state index is 9.98. The van der Waals surface area contributed by atoms with Crippen molar-refractivity contribution in [2.75, 3.05) is 0 Å². The van der Waals surface area contributed by atoms with Crippen molar-refractivity contribution in [3.8, 4) is 0 Å². The largest absolute Gasteiger partial charge is 0.392 e. The Morgan fingerprint density at radius 3 is 3.00 bits per heavy atom. The van der Waals surface area contributed by atoms with Crippen LogP contribution >= 0.6 is 0 Å². The Labute approximate surface area is 83.0 Å². The lowest BCUT2D eigenvalue weighted by Crippen LogP contribution is -2.17. The van der Waals surface area contributed by atoms with Crippen molar-refractivity contribution in [3.05, 3.63) is 12.2 Å². The fourth-order valence-corrected chi connectivity index (χ4v) is 2.49. The molecule has 0 amide bonds. The molecule has 14 heavy (non-hydrogen) atoms. The smallest absolute Gasteiger partial charge is 0.138 e. The normalized spacial score (nSPS) is 29.1. The monoisotopic (exact) mass is 193 g/mol. The van der Waals surface area contributed by atoms with Crippen molar-refractivity contribution in [2.45, 2.75) is 31.8 Å². The highest BCUT2D eigenvalue weighted by Gasteiger charge is 2.64. The second-order valence-electron chi connectivity index (χ2n) is 4.74. The third-order valence-electron chi connectivity index (χ3n) is 3.81. The molecular weight excluding hydrogens is 178 g/mol. The first-order valence-corrected chi connectivity index (χ1v) is 5.22. The van der Waals surface area contributed by atoms with Gasteiger partial charge in [0, 0.05) is 13.5 Å². The number of hydrogen-bond acceptors (Lipinski definition) is 3. The van der Waals surface area contributed by atoms with Gasteiger partial charge in [-0.3, -0.25) is 4.68 Å². The van der Waals surface area contributed by atoms with Gasteiger partial charge >= 0.3 is 0 Å². The van der Waals surface area contributed by atoms with E-state index in [1.165, 1.54) is 19.3 Å². The molecule has 1 N–H and O–H groups in total. The first-order chi connectivity index (χ1) is 6.71. The van der Waals surface area contributed by atoms with Gasteiger partial charge < -0.3 is 5.11 Å². The van der Waals surface area contributed by atoms with Crippen molar-refractivity contribution >= 4 is 0 Å². The first-order valence-electron chi connectivity index (χ1n) is 5.22. The molecule has 1 spiro atoms. The molecule has 3 rings (SSSR count). The molecule has 4 nitrogen and oxygen atoms in total. The Morgan fingerprint density at radius 2 is 2.50 bits per heavy atom. The van der Waals surface area contributed by atoms with E-state index in [1.54, 1.807) is 11.0 Å². The summed E-state index contributed by atoms with van der Waals surface area (Å²) in [7, 11) is 1.87. The van der Waals surface area contributed by atoms with Crippen LogP contribution in [-0.4, -0.2) is 26.0 Å². The molecule has 0 aliphatic heterocycles. The van der Waals surface area contributed by atoms with Crippen molar-refractivity contribution in [2.24, 2.45) is 18.4 Å². The van der Waals surface area contributed by atoms with E-state index in [2.05, 4.69) is 10.1 Å². The van der Waals surface area contributed by atoms with E-state index < -0.39 is 0 Å². The Kier molecular flexibility index (Phi) is 1.54. The van der Waals surface area contributed by atoms with Gasteiger partial charge in [0.1, 0.15) is 12.2 Å². The van der Waals surface area contributed by atoms with Gasteiger partial charge in [0.05, 0.1) is 6.10 Å². The summed E-state index contributed by atoms with van der Waals surface area (Å²) in [6.07, 6.45) is 5.87. The maximum atomic E-state index is 9.98. The molecule has 1 heterocycles. The number of rotatable bonds is 3. The molecule has 0 bridgehead atoms. The SMILES string of the molecule is Cn1ncnc1CC(O)C1CC12CC2. The molecule has 1 aromatic rings. The summed E-state index contributed by atoms with van der Waals surface area (Å²) in [6, 6.07) is 0. The zero-order chi connectivity index (χ0) is 9.76. The summed E-state index contributed by atoms with van der Waals surface area (Å²) >= 11 is 0. The molecule has 2 aliphatic rings. The molecule has 2 aliphatic carbocycles. The molecule has 0 aromatic carbocycles. The summed E-state index contributed by atoms with van der Waals surface area (Å²) in [5, 5.41) is 14.0. The Bertz CT molecular complexity index is 356. The third-order valence-corrected chi connectivity index (χ3v) is 3.81. The van der Waals surface area contributed by atoms with E-state index in [0.29, 0.717) is 17.8 Å². The molecule has 0 radical (unpaired) electrons. The average molecular weight is 193 g/mol. The summed E-state index contributed by atoms with van der Waals surface area (Å²) < 4.78 is 1.74. The summed E-state index contributed by atoms with van der Waals surface area (Å²) in [6.45, 7) is 0. The van der Waals surface area contributed by atoms with Crippen molar-refractivity contribution in [1.29, 1.82) is 0 Å². The highest BCUT2D eigenvalue weighted by atomic mass is 16.3. The van der Waals surface area contributed by atoms with Gasteiger partial charge in [-0.15, -0.1) is 0 Å². The molecule has 76 valence electrons. The minimum atomic E-state index is -0.208. The molecule has 2 atom stereocenters. The van der Waals surface area contributed by atoms with Crippen LogP contribution in [0, 0.1) is 11.3 Å². The van der Waals surface area contributed by atoms with Crippen LogP contribution in [0.15, 0.2) is 6.33 Å². The second kappa shape index (κ2) is 2.57. The molecule has 1 aromatic heterocycles. The molecule has 2 unspecified atom stereocenters. The number of hydrogen-bond donors (Lipinski definition) is 1. The number of aromatic nitrogens is 3. The average Bonchev–Trinajstić information content (AvgIpc) is 3.05. The fraction of sp³-hybridized carbons (Fsp3) is 0.800. The minimum Gasteiger partial charge on any atom is -0.392 e. The van der Waals surface area contributed by atoms with E-state index in [0.717, 1.165) is 5.82 Å². The highest BCUT2D eigenvalue weighted by Crippen LogP contribution is 2.71.